The van der Waals surface area contributed by atoms with E-state index in [9.17, 15) is 9.18 Å². The van der Waals surface area contributed by atoms with Gasteiger partial charge in [0.2, 0.25) is 5.91 Å². The lowest BCUT2D eigenvalue weighted by Crippen LogP contribution is -2.28. The van der Waals surface area contributed by atoms with E-state index in [0.717, 1.165) is 48.3 Å². The molecule has 2 heterocycles. The second-order valence-electron chi connectivity index (χ2n) is 7.44. The minimum absolute atomic E-state index is 0.116. The molecule has 1 saturated heterocycles. The maximum atomic E-state index is 14.1. The molecule has 1 amide bonds. The number of benzene rings is 2. The number of hydrogen-bond acceptors (Lipinski definition) is 3. The van der Waals surface area contributed by atoms with Crippen LogP contribution in [0, 0.1) is 5.82 Å². The lowest BCUT2D eigenvalue weighted by Gasteiger charge is -2.19. The van der Waals surface area contributed by atoms with Gasteiger partial charge in [-0.2, -0.15) is 0 Å². The highest BCUT2D eigenvalue weighted by molar-refractivity contribution is 5.74. The highest BCUT2D eigenvalue weighted by atomic mass is 19.1. The maximum absolute atomic E-state index is 14.1. The third-order valence-electron chi connectivity index (χ3n) is 5.40. The number of aromatic nitrogens is 1. The van der Waals surface area contributed by atoms with E-state index in [-0.39, 0.29) is 11.7 Å². The van der Waals surface area contributed by atoms with E-state index in [0.29, 0.717) is 6.67 Å². The van der Waals surface area contributed by atoms with E-state index in [1.54, 1.807) is 31.5 Å². The van der Waals surface area contributed by atoms with Crippen molar-refractivity contribution in [3.63, 3.8) is 0 Å². The van der Waals surface area contributed by atoms with Crippen LogP contribution in [0.5, 0.6) is 0 Å². The van der Waals surface area contributed by atoms with Crippen molar-refractivity contribution in [1.82, 2.24) is 9.88 Å². The van der Waals surface area contributed by atoms with Crippen molar-refractivity contribution in [3.05, 3.63) is 83.9 Å². The van der Waals surface area contributed by atoms with Crippen LogP contribution in [0.3, 0.4) is 0 Å². The van der Waals surface area contributed by atoms with Gasteiger partial charge < -0.3 is 9.80 Å². The Kier molecular flexibility index (Phi) is 5.56. The van der Waals surface area contributed by atoms with E-state index in [2.05, 4.69) is 34.1 Å². The van der Waals surface area contributed by atoms with E-state index in [1.807, 2.05) is 23.1 Å². The molecule has 1 aliphatic heterocycles. The van der Waals surface area contributed by atoms with Crippen molar-refractivity contribution >= 4 is 11.6 Å². The van der Waals surface area contributed by atoms with Crippen molar-refractivity contribution in [2.45, 2.75) is 19.8 Å². The monoisotopic (exact) mass is 389 g/mol. The van der Waals surface area contributed by atoms with Gasteiger partial charge >= 0.3 is 0 Å². The molecule has 0 atom stereocenters. The summed E-state index contributed by atoms with van der Waals surface area (Å²) in [6.45, 7) is 3.89. The summed E-state index contributed by atoms with van der Waals surface area (Å²) in [5.41, 5.74) is 5.17. The molecule has 4 rings (SSSR count). The van der Waals surface area contributed by atoms with Crippen LogP contribution in [0.1, 0.15) is 18.1 Å². The summed E-state index contributed by atoms with van der Waals surface area (Å²) in [7, 11) is 0. The van der Waals surface area contributed by atoms with Gasteiger partial charge in [0, 0.05) is 38.1 Å². The number of halogens is 1. The van der Waals surface area contributed by atoms with E-state index < -0.39 is 0 Å². The summed E-state index contributed by atoms with van der Waals surface area (Å²) in [6, 6.07) is 17.5. The van der Waals surface area contributed by atoms with Gasteiger partial charge in [-0.25, -0.2) is 4.39 Å². The molecule has 1 aromatic heterocycles. The molecule has 4 nitrogen and oxygen atoms in total. The Bertz CT molecular complexity index is 989. The van der Waals surface area contributed by atoms with Crippen LogP contribution in [-0.2, 0) is 17.6 Å². The number of carbonyl (C=O) groups excluding carboxylic acids is 1. The molecule has 0 unspecified atom stereocenters. The first-order valence-electron chi connectivity index (χ1n) is 9.88. The van der Waals surface area contributed by atoms with Gasteiger partial charge in [-0.15, -0.1) is 0 Å². The van der Waals surface area contributed by atoms with Crippen LogP contribution in [0.25, 0.3) is 11.1 Å². The lowest BCUT2D eigenvalue weighted by molar-refractivity contribution is -0.127. The Morgan fingerprint density at radius 3 is 2.34 bits per heavy atom. The zero-order valence-electron chi connectivity index (χ0n) is 16.5. The number of hydrogen-bond donors (Lipinski definition) is 0. The minimum atomic E-state index is -0.214. The molecule has 148 valence electrons. The molecule has 0 bridgehead atoms. The molecule has 29 heavy (non-hydrogen) atoms. The number of carbonyl (C=O) groups is 1. The molecule has 1 aliphatic rings. The molecule has 1 fully saturated rings. The molecule has 3 aromatic rings. The maximum Gasteiger partial charge on any atom is 0.220 e. The number of anilines is 1. The second kappa shape index (κ2) is 8.43. The van der Waals surface area contributed by atoms with Crippen LogP contribution >= 0.6 is 0 Å². The first-order valence-corrected chi connectivity index (χ1v) is 9.88. The highest BCUT2D eigenvalue weighted by Crippen LogP contribution is 2.23. The third-order valence-corrected chi connectivity index (χ3v) is 5.40. The Morgan fingerprint density at radius 1 is 0.931 bits per heavy atom. The molecule has 5 heteroatoms. The number of nitrogens with zero attached hydrogens (tertiary/aromatic N) is 3. The number of rotatable bonds is 5. The Labute approximate surface area is 170 Å². The molecule has 2 aromatic carbocycles. The van der Waals surface area contributed by atoms with Gasteiger partial charge in [-0.3, -0.25) is 9.78 Å². The molecule has 0 radical (unpaired) electrons. The fourth-order valence-corrected chi connectivity index (χ4v) is 3.72. The first kappa shape index (κ1) is 19.1. The zero-order chi connectivity index (χ0) is 20.2. The molecular formula is C24H24FN3O. The Morgan fingerprint density at radius 2 is 1.66 bits per heavy atom. The first-order chi connectivity index (χ1) is 14.1. The quantitative estimate of drug-likeness (QED) is 0.653. The van der Waals surface area contributed by atoms with Crippen molar-refractivity contribution in [3.8, 4) is 11.1 Å². The predicted molar refractivity (Wildman–Crippen MR) is 113 cm³/mol. The van der Waals surface area contributed by atoms with Crippen molar-refractivity contribution in [2.24, 2.45) is 0 Å². The van der Waals surface area contributed by atoms with Gasteiger partial charge in [0.05, 0.1) is 6.67 Å². The average Bonchev–Trinajstić information content (AvgIpc) is 3.24. The van der Waals surface area contributed by atoms with Gasteiger partial charge in [0.25, 0.3) is 0 Å². The van der Waals surface area contributed by atoms with Gasteiger partial charge in [0.1, 0.15) is 5.82 Å². The van der Waals surface area contributed by atoms with Crippen molar-refractivity contribution < 1.29 is 9.18 Å². The largest absolute Gasteiger partial charge is 0.352 e. The fourth-order valence-electron chi connectivity index (χ4n) is 3.72. The van der Waals surface area contributed by atoms with Crippen LogP contribution in [0.15, 0.2) is 67.0 Å². The minimum Gasteiger partial charge on any atom is -0.352 e. The molecular weight excluding hydrogens is 365 g/mol. The number of amides is 1. The normalized spacial score (nSPS) is 13.7. The van der Waals surface area contributed by atoms with Crippen molar-refractivity contribution in [2.75, 3.05) is 24.7 Å². The highest BCUT2D eigenvalue weighted by Gasteiger charge is 2.21. The van der Waals surface area contributed by atoms with Gasteiger partial charge in [-0.05, 0) is 71.5 Å². The van der Waals surface area contributed by atoms with Crippen LogP contribution in [0.2, 0.25) is 0 Å². The molecule has 0 spiro atoms. The molecule has 0 aliphatic carbocycles. The standard InChI is InChI=1S/C24H24FN3O/c1-18(29)27-12-13-28(17-27)24-6-4-19(5-7-24)2-3-20-14-22(16-23(25)15-20)21-8-10-26-11-9-21/h4-11,14-16H,2-3,12-13,17H2,1H3. The summed E-state index contributed by atoms with van der Waals surface area (Å²) in [4.78, 5) is 19.6. The fraction of sp³-hybridized carbons (Fsp3) is 0.250. The zero-order valence-corrected chi connectivity index (χ0v) is 16.5. The summed E-state index contributed by atoms with van der Waals surface area (Å²) in [5, 5.41) is 0. The third kappa shape index (κ3) is 4.62. The van der Waals surface area contributed by atoms with E-state index >= 15 is 0 Å². The van der Waals surface area contributed by atoms with Crippen LogP contribution in [0.4, 0.5) is 10.1 Å². The van der Waals surface area contributed by atoms with Crippen LogP contribution in [-0.4, -0.2) is 35.5 Å². The smallest absolute Gasteiger partial charge is 0.220 e. The summed E-state index contributed by atoms with van der Waals surface area (Å²) < 4.78 is 14.1. The average molecular weight is 389 g/mol. The SMILES string of the molecule is CC(=O)N1CCN(c2ccc(CCc3cc(F)cc(-c4ccncc4)c3)cc2)C1. The second-order valence-corrected chi connectivity index (χ2v) is 7.44. The van der Waals surface area contributed by atoms with E-state index in [4.69, 9.17) is 0 Å². The lowest BCUT2D eigenvalue weighted by atomic mass is 9.99. The van der Waals surface area contributed by atoms with E-state index in [1.165, 1.54) is 5.56 Å². The Balaban J connectivity index is 1.41. The summed E-state index contributed by atoms with van der Waals surface area (Å²) in [6.07, 6.45) is 5.06. The van der Waals surface area contributed by atoms with Crippen LogP contribution < -0.4 is 4.90 Å². The molecule has 0 saturated carbocycles. The summed E-state index contributed by atoms with van der Waals surface area (Å²) in [5.74, 6) is -0.0981. The Hall–Kier alpha value is -3.21. The number of aryl methyl sites for hydroxylation is 2. The molecule has 0 N–H and O–H groups in total. The topological polar surface area (TPSA) is 36.4 Å². The summed E-state index contributed by atoms with van der Waals surface area (Å²) >= 11 is 0. The van der Waals surface area contributed by atoms with Crippen molar-refractivity contribution in [1.29, 1.82) is 0 Å². The number of pyridine rings is 1. The van der Waals surface area contributed by atoms with Gasteiger partial charge in [-0.1, -0.05) is 18.2 Å². The van der Waals surface area contributed by atoms with Gasteiger partial charge in [0.15, 0.2) is 0 Å². The predicted octanol–water partition coefficient (Wildman–Crippen LogP) is 4.30.